The van der Waals surface area contributed by atoms with Gasteiger partial charge < -0.3 is 10.2 Å². The maximum absolute atomic E-state index is 9.18. The SMILES string of the molecule is CCN(CC)CCCNc1ccc(C#N)c2ccccc12. The molecular weight excluding hydrogens is 258 g/mol. The summed E-state index contributed by atoms with van der Waals surface area (Å²) in [5, 5.41) is 14.8. The van der Waals surface area contributed by atoms with Crippen LogP contribution in [-0.2, 0) is 0 Å². The van der Waals surface area contributed by atoms with E-state index < -0.39 is 0 Å². The van der Waals surface area contributed by atoms with Gasteiger partial charge >= 0.3 is 0 Å². The monoisotopic (exact) mass is 281 g/mol. The minimum Gasteiger partial charge on any atom is -0.384 e. The van der Waals surface area contributed by atoms with Crippen molar-refractivity contribution < 1.29 is 0 Å². The zero-order valence-corrected chi connectivity index (χ0v) is 12.9. The van der Waals surface area contributed by atoms with Crippen LogP contribution >= 0.6 is 0 Å². The van der Waals surface area contributed by atoms with Gasteiger partial charge in [0.05, 0.1) is 11.6 Å². The highest BCUT2D eigenvalue weighted by molar-refractivity contribution is 5.97. The Labute approximate surface area is 127 Å². The van der Waals surface area contributed by atoms with E-state index in [-0.39, 0.29) is 0 Å². The lowest BCUT2D eigenvalue weighted by atomic mass is 10.0. The molecule has 0 fully saturated rings. The maximum Gasteiger partial charge on any atom is 0.0998 e. The van der Waals surface area contributed by atoms with E-state index in [4.69, 9.17) is 0 Å². The third-order valence-electron chi connectivity index (χ3n) is 3.91. The van der Waals surface area contributed by atoms with Crippen molar-refractivity contribution in [3.63, 3.8) is 0 Å². The lowest BCUT2D eigenvalue weighted by Gasteiger charge is -2.18. The third-order valence-corrected chi connectivity index (χ3v) is 3.91. The van der Waals surface area contributed by atoms with E-state index in [9.17, 15) is 5.26 Å². The minimum atomic E-state index is 0.735. The van der Waals surface area contributed by atoms with Gasteiger partial charge in [0, 0.05) is 23.0 Å². The molecule has 0 saturated carbocycles. The van der Waals surface area contributed by atoms with E-state index in [1.54, 1.807) is 0 Å². The molecule has 2 aromatic carbocycles. The minimum absolute atomic E-state index is 0.735. The Hall–Kier alpha value is -2.05. The molecule has 3 heteroatoms. The van der Waals surface area contributed by atoms with Crippen LogP contribution in [0.3, 0.4) is 0 Å². The highest BCUT2D eigenvalue weighted by Crippen LogP contribution is 2.26. The van der Waals surface area contributed by atoms with E-state index in [1.165, 1.54) is 0 Å². The van der Waals surface area contributed by atoms with Gasteiger partial charge in [-0.3, -0.25) is 0 Å². The summed E-state index contributed by atoms with van der Waals surface area (Å²) >= 11 is 0. The highest BCUT2D eigenvalue weighted by Gasteiger charge is 2.05. The summed E-state index contributed by atoms with van der Waals surface area (Å²) < 4.78 is 0. The Bertz CT molecular complexity index is 624. The van der Waals surface area contributed by atoms with Gasteiger partial charge in [-0.1, -0.05) is 38.1 Å². The van der Waals surface area contributed by atoms with Crippen LogP contribution in [-0.4, -0.2) is 31.1 Å². The lowest BCUT2D eigenvalue weighted by molar-refractivity contribution is 0.303. The molecule has 2 aromatic rings. The summed E-state index contributed by atoms with van der Waals surface area (Å²) in [5.74, 6) is 0. The first-order chi connectivity index (χ1) is 10.3. The quantitative estimate of drug-likeness (QED) is 0.783. The van der Waals surface area contributed by atoms with Gasteiger partial charge in [0.1, 0.15) is 0 Å². The Kier molecular flexibility index (Phi) is 5.59. The van der Waals surface area contributed by atoms with Crippen LogP contribution in [0.4, 0.5) is 5.69 Å². The van der Waals surface area contributed by atoms with Crippen molar-refractivity contribution in [2.45, 2.75) is 20.3 Å². The van der Waals surface area contributed by atoms with Crippen molar-refractivity contribution in [3.05, 3.63) is 42.0 Å². The number of nitriles is 1. The number of fused-ring (bicyclic) bond motifs is 1. The van der Waals surface area contributed by atoms with Gasteiger partial charge in [-0.2, -0.15) is 5.26 Å². The fraction of sp³-hybridized carbons (Fsp3) is 0.389. The van der Waals surface area contributed by atoms with Gasteiger partial charge in [0.15, 0.2) is 0 Å². The molecule has 0 aliphatic heterocycles. The molecule has 0 atom stereocenters. The number of hydrogen-bond acceptors (Lipinski definition) is 3. The Morgan fingerprint density at radius 1 is 1.05 bits per heavy atom. The molecule has 2 rings (SSSR count). The van der Waals surface area contributed by atoms with E-state index in [1.807, 2.05) is 30.3 Å². The van der Waals surface area contributed by atoms with Crippen LogP contribution in [0, 0.1) is 11.3 Å². The summed E-state index contributed by atoms with van der Waals surface area (Å²) in [4.78, 5) is 2.43. The number of nitrogens with zero attached hydrogens (tertiary/aromatic N) is 2. The zero-order valence-electron chi connectivity index (χ0n) is 12.9. The molecule has 21 heavy (non-hydrogen) atoms. The molecule has 0 aromatic heterocycles. The van der Waals surface area contributed by atoms with Crippen molar-refractivity contribution in [1.29, 1.82) is 5.26 Å². The summed E-state index contributed by atoms with van der Waals surface area (Å²) in [7, 11) is 0. The van der Waals surface area contributed by atoms with Crippen LogP contribution < -0.4 is 5.32 Å². The molecule has 0 unspecified atom stereocenters. The van der Waals surface area contributed by atoms with Crippen LogP contribution in [0.15, 0.2) is 36.4 Å². The Morgan fingerprint density at radius 2 is 1.76 bits per heavy atom. The molecule has 110 valence electrons. The van der Waals surface area contributed by atoms with Gasteiger partial charge in [0.2, 0.25) is 0 Å². The van der Waals surface area contributed by atoms with Crippen LogP contribution in [0.2, 0.25) is 0 Å². The third kappa shape index (κ3) is 3.74. The summed E-state index contributed by atoms with van der Waals surface area (Å²) in [6.07, 6.45) is 1.12. The first-order valence-corrected chi connectivity index (χ1v) is 7.68. The van der Waals surface area contributed by atoms with Crippen molar-refractivity contribution in [2.24, 2.45) is 0 Å². The molecule has 0 amide bonds. The molecule has 0 aliphatic carbocycles. The summed E-state index contributed by atoms with van der Waals surface area (Å²) in [6, 6.07) is 14.2. The standard InChI is InChI=1S/C18H23N3/c1-3-21(4-2)13-7-12-20-18-11-10-15(14-19)16-8-5-6-9-17(16)18/h5-6,8-11,20H,3-4,7,12-13H2,1-2H3. The second kappa shape index (κ2) is 7.66. The van der Waals surface area contributed by atoms with E-state index >= 15 is 0 Å². The predicted molar refractivity (Wildman–Crippen MR) is 89.6 cm³/mol. The van der Waals surface area contributed by atoms with Crippen LogP contribution in [0.5, 0.6) is 0 Å². The van der Waals surface area contributed by atoms with Crippen LogP contribution in [0.25, 0.3) is 10.8 Å². The molecule has 0 saturated heterocycles. The van der Waals surface area contributed by atoms with Gasteiger partial charge in [-0.05, 0) is 38.2 Å². The largest absolute Gasteiger partial charge is 0.384 e. The maximum atomic E-state index is 9.18. The predicted octanol–water partition coefficient (Wildman–Crippen LogP) is 3.86. The summed E-state index contributed by atoms with van der Waals surface area (Å²) in [6.45, 7) is 8.68. The molecule has 0 radical (unpaired) electrons. The molecular formula is C18H23N3. The molecule has 0 spiro atoms. The second-order valence-corrected chi connectivity index (χ2v) is 5.13. The zero-order chi connectivity index (χ0) is 15.1. The average Bonchev–Trinajstić information content (AvgIpc) is 2.55. The average molecular weight is 281 g/mol. The molecule has 0 aliphatic rings. The molecule has 3 nitrogen and oxygen atoms in total. The smallest absolute Gasteiger partial charge is 0.0998 e. The normalized spacial score (nSPS) is 10.8. The highest BCUT2D eigenvalue weighted by atomic mass is 15.1. The second-order valence-electron chi connectivity index (χ2n) is 5.13. The number of hydrogen-bond donors (Lipinski definition) is 1. The van der Waals surface area contributed by atoms with Crippen molar-refractivity contribution in [3.8, 4) is 6.07 Å². The Balaban J connectivity index is 2.05. The fourth-order valence-corrected chi connectivity index (χ4v) is 2.62. The van der Waals surface area contributed by atoms with Gasteiger partial charge in [-0.15, -0.1) is 0 Å². The first-order valence-electron chi connectivity index (χ1n) is 7.68. The number of nitrogens with one attached hydrogen (secondary N) is 1. The summed E-state index contributed by atoms with van der Waals surface area (Å²) in [5.41, 5.74) is 1.85. The Morgan fingerprint density at radius 3 is 2.43 bits per heavy atom. The number of rotatable bonds is 7. The molecule has 1 N–H and O–H groups in total. The van der Waals surface area contributed by atoms with Crippen molar-refractivity contribution >= 4 is 16.5 Å². The van der Waals surface area contributed by atoms with E-state index in [0.717, 1.165) is 54.6 Å². The van der Waals surface area contributed by atoms with Crippen molar-refractivity contribution in [2.75, 3.05) is 31.5 Å². The number of anilines is 1. The van der Waals surface area contributed by atoms with Gasteiger partial charge in [-0.25, -0.2) is 0 Å². The fourth-order valence-electron chi connectivity index (χ4n) is 2.62. The van der Waals surface area contributed by atoms with E-state index in [0.29, 0.717) is 0 Å². The topological polar surface area (TPSA) is 39.1 Å². The number of benzene rings is 2. The molecule has 0 heterocycles. The van der Waals surface area contributed by atoms with Crippen molar-refractivity contribution in [1.82, 2.24) is 4.90 Å². The molecule has 0 bridgehead atoms. The van der Waals surface area contributed by atoms with Crippen LogP contribution in [0.1, 0.15) is 25.8 Å². The lowest BCUT2D eigenvalue weighted by Crippen LogP contribution is -2.25. The first kappa shape index (κ1) is 15.3. The van der Waals surface area contributed by atoms with E-state index in [2.05, 4.69) is 36.2 Å². The van der Waals surface area contributed by atoms with Gasteiger partial charge in [0.25, 0.3) is 0 Å².